The van der Waals surface area contributed by atoms with Crippen LogP contribution in [0, 0.1) is 0 Å². The maximum Gasteiger partial charge on any atom is 0.165 e. The standard InChI is InChI=1S/C14H13N5/c15-13-12-14(17-9-16-13)19(10-18-12)8-4-7-11-5-2-1-3-6-11/h1-7,9-10H,8H2,(H2,15,16,17). The zero-order chi connectivity index (χ0) is 13.1. The predicted molar refractivity (Wildman–Crippen MR) is 75.2 cm³/mol. The zero-order valence-electron chi connectivity index (χ0n) is 10.3. The molecule has 19 heavy (non-hydrogen) atoms. The van der Waals surface area contributed by atoms with Gasteiger partial charge in [0.2, 0.25) is 0 Å². The minimum Gasteiger partial charge on any atom is -0.382 e. The largest absolute Gasteiger partial charge is 0.382 e. The molecular weight excluding hydrogens is 238 g/mol. The lowest BCUT2D eigenvalue weighted by Crippen LogP contribution is -1.97. The molecule has 0 atom stereocenters. The Balaban J connectivity index is 1.83. The van der Waals surface area contributed by atoms with Crippen LogP contribution in [0.25, 0.3) is 17.2 Å². The number of rotatable bonds is 3. The molecule has 0 spiro atoms. The van der Waals surface area contributed by atoms with Crippen molar-refractivity contribution in [1.82, 2.24) is 19.5 Å². The van der Waals surface area contributed by atoms with Crippen molar-refractivity contribution in [2.75, 3.05) is 5.73 Å². The number of anilines is 1. The van der Waals surface area contributed by atoms with Gasteiger partial charge in [-0.25, -0.2) is 15.0 Å². The molecule has 5 nitrogen and oxygen atoms in total. The first-order valence-corrected chi connectivity index (χ1v) is 5.97. The molecule has 0 saturated heterocycles. The van der Waals surface area contributed by atoms with E-state index in [1.165, 1.54) is 11.9 Å². The Morgan fingerprint density at radius 2 is 1.95 bits per heavy atom. The Hall–Kier alpha value is -2.69. The number of hydrogen-bond donors (Lipinski definition) is 1. The fraction of sp³-hybridized carbons (Fsp3) is 0.0714. The van der Waals surface area contributed by atoms with E-state index in [9.17, 15) is 0 Å². The zero-order valence-corrected chi connectivity index (χ0v) is 10.3. The highest BCUT2D eigenvalue weighted by Crippen LogP contribution is 2.14. The van der Waals surface area contributed by atoms with Crippen LogP contribution in [0.1, 0.15) is 5.56 Å². The maximum atomic E-state index is 5.74. The molecule has 3 aromatic rings. The van der Waals surface area contributed by atoms with Gasteiger partial charge in [-0.2, -0.15) is 0 Å². The van der Waals surface area contributed by atoms with Crippen molar-refractivity contribution in [1.29, 1.82) is 0 Å². The number of benzene rings is 1. The molecule has 94 valence electrons. The van der Waals surface area contributed by atoms with Crippen molar-refractivity contribution in [3.05, 3.63) is 54.6 Å². The monoisotopic (exact) mass is 251 g/mol. The minimum atomic E-state index is 0.413. The molecule has 2 N–H and O–H groups in total. The summed E-state index contributed by atoms with van der Waals surface area (Å²) in [6, 6.07) is 10.1. The van der Waals surface area contributed by atoms with Crippen LogP contribution in [0.5, 0.6) is 0 Å². The third kappa shape index (κ3) is 2.30. The van der Waals surface area contributed by atoms with Crippen molar-refractivity contribution in [2.45, 2.75) is 6.54 Å². The first-order valence-electron chi connectivity index (χ1n) is 5.97. The summed E-state index contributed by atoms with van der Waals surface area (Å²) in [6.07, 6.45) is 7.31. The van der Waals surface area contributed by atoms with Crippen LogP contribution < -0.4 is 5.73 Å². The highest BCUT2D eigenvalue weighted by Gasteiger charge is 2.05. The Morgan fingerprint density at radius 3 is 2.79 bits per heavy atom. The van der Waals surface area contributed by atoms with Gasteiger partial charge in [0.15, 0.2) is 11.5 Å². The highest BCUT2D eigenvalue weighted by molar-refractivity contribution is 5.81. The second-order valence-electron chi connectivity index (χ2n) is 4.14. The summed E-state index contributed by atoms with van der Waals surface area (Å²) in [5.74, 6) is 0.413. The van der Waals surface area contributed by atoms with Gasteiger partial charge in [-0.05, 0) is 5.56 Å². The summed E-state index contributed by atoms with van der Waals surface area (Å²) >= 11 is 0. The van der Waals surface area contributed by atoms with Gasteiger partial charge in [0, 0.05) is 6.54 Å². The van der Waals surface area contributed by atoms with Gasteiger partial charge >= 0.3 is 0 Å². The topological polar surface area (TPSA) is 69.6 Å². The van der Waals surface area contributed by atoms with Crippen LogP contribution in [0.2, 0.25) is 0 Å². The number of aromatic nitrogens is 4. The highest BCUT2D eigenvalue weighted by atomic mass is 15.1. The number of nitrogens with two attached hydrogens (primary N) is 1. The number of allylic oxidation sites excluding steroid dienone is 1. The third-order valence-corrected chi connectivity index (χ3v) is 2.84. The average Bonchev–Trinajstić information content (AvgIpc) is 2.85. The molecule has 5 heteroatoms. The van der Waals surface area contributed by atoms with E-state index in [1.54, 1.807) is 6.33 Å². The Labute approximate surface area is 110 Å². The van der Waals surface area contributed by atoms with Crippen molar-refractivity contribution < 1.29 is 0 Å². The Kier molecular flexibility index (Phi) is 2.94. The van der Waals surface area contributed by atoms with Gasteiger partial charge in [-0.15, -0.1) is 0 Å². The first kappa shape index (κ1) is 11.4. The Bertz CT molecular complexity index is 715. The quantitative estimate of drug-likeness (QED) is 0.774. The van der Waals surface area contributed by atoms with Gasteiger partial charge in [0.25, 0.3) is 0 Å². The molecule has 0 aliphatic carbocycles. The second kappa shape index (κ2) is 4.89. The summed E-state index contributed by atoms with van der Waals surface area (Å²) in [6.45, 7) is 0.696. The van der Waals surface area contributed by atoms with E-state index in [4.69, 9.17) is 5.73 Å². The van der Waals surface area contributed by atoms with Crippen molar-refractivity contribution in [2.24, 2.45) is 0 Å². The van der Waals surface area contributed by atoms with Gasteiger partial charge in [0.05, 0.1) is 6.33 Å². The van der Waals surface area contributed by atoms with Crippen LogP contribution in [0.4, 0.5) is 5.82 Å². The molecule has 0 unspecified atom stereocenters. The van der Waals surface area contributed by atoms with Gasteiger partial charge in [-0.1, -0.05) is 42.5 Å². The molecule has 0 aliphatic rings. The number of nitrogen functional groups attached to an aromatic ring is 1. The summed E-state index contributed by atoms with van der Waals surface area (Å²) in [7, 11) is 0. The average molecular weight is 251 g/mol. The van der Waals surface area contributed by atoms with E-state index in [0.29, 0.717) is 17.9 Å². The lowest BCUT2D eigenvalue weighted by molar-refractivity contribution is 0.839. The second-order valence-corrected chi connectivity index (χ2v) is 4.14. The molecule has 1 aromatic carbocycles. The lowest BCUT2D eigenvalue weighted by Gasteiger charge is -1.99. The van der Waals surface area contributed by atoms with E-state index >= 15 is 0 Å². The van der Waals surface area contributed by atoms with Crippen LogP contribution in [0.3, 0.4) is 0 Å². The summed E-state index contributed by atoms with van der Waals surface area (Å²) in [5.41, 5.74) is 8.32. The molecule has 0 aliphatic heterocycles. The molecule has 0 saturated carbocycles. The number of imidazole rings is 1. The summed E-state index contributed by atoms with van der Waals surface area (Å²) in [4.78, 5) is 12.3. The molecule has 2 aromatic heterocycles. The first-order chi connectivity index (χ1) is 9.34. The fourth-order valence-corrected chi connectivity index (χ4v) is 1.90. The molecular formula is C14H13N5. The van der Waals surface area contributed by atoms with Gasteiger partial charge in [-0.3, -0.25) is 0 Å². The smallest absolute Gasteiger partial charge is 0.165 e. The number of nitrogens with zero attached hydrogens (tertiary/aromatic N) is 4. The summed E-state index contributed by atoms with van der Waals surface area (Å²) < 4.78 is 1.94. The number of hydrogen-bond acceptors (Lipinski definition) is 4. The number of fused-ring (bicyclic) bond motifs is 1. The Morgan fingerprint density at radius 1 is 1.11 bits per heavy atom. The lowest BCUT2D eigenvalue weighted by atomic mass is 10.2. The van der Waals surface area contributed by atoms with Crippen molar-refractivity contribution >= 4 is 23.1 Å². The fourth-order valence-electron chi connectivity index (χ4n) is 1.90. The molecule has 0 bridgehead atoms. The molecule has 0 radical (unpaired) electrons. The van der Waals surface area contributed by atoms with E-state index in [-0.39, 0.29) is 0 Å². The van der Waals surface area contributed by atoms with E-state index in [1.807, 2.05) is 22.8 Å². The van der Waals surface area contributed by atoms with Crippen molar-refractivity contribution in [3.63, 3.8) is 0 Å². The SMILES string of the molecule is Nc1ncnc2c1ncn2CC=Cc1ccccc1. The minimum absolute atomic E-state index is 0.413. The molecule has 2 heterocycles. The van der Waals surface area contributed by atoms with Crippen LogP contribution in [0.15, 0.2) is 49.1 Å². The summed E-state index contributed by atoms with van der Waals surface area (Å²) in [5, 5.41) is 0. The van der Waals surface area contributed by atoms with Gasteiger partial charge < -0.3 is 10.3 Å². The normalized spacial score (nSPS) is 11.4. The molecule has 0 fully saturated rings. The van der Waals surface area contributed by atoms with Crippen molar-refractivity contribution in [3.8, 4) is 0 Å². The predicted octanol–water partition coefficient (Wildman–Crippen LogP) is 2.12. The van der Waals surface area contributed by atoms with E-state index < -0.39 is 0 Å². The van der Waals surface area contributed by atoms with Crippen LogP contribution in [-0.4, -0.2) is 19.5 Å². The van der Waals surface area contributed by atoms with Gasteiger partial charge in [0.1, 0.15) is 11.8 Å². The van der Waals surface area contributed by atoms with E-state index in [2.05, 4.69) is 39.2 Å². The maximum absolute atomic E-state index is 5.74. The van der Waals surface area contributed by atoms with Crippen LogP contribution in [-0.2, 0) is 6.54 Å². The third-order valence-electron chi connectivity index (χ3n) is 2.84. The molecule has 0 amide bonds. The van der Waals surface area contributed by atoms with Crippen LogP contribution >= 0.6 is 0 Å². The molecule has 3 rings (SSSR count). The van der Waals surface area contributed by atoms with E-state index in [0.717, 1.165) is 5.65 Å².